The number of carbonyl (C=O) groups excluding carboxylic acids is 3. The third kappa shape index (κ3) is 5.52. The Morgan fingerprint density at radius 3 is 2.50 bits per heavy atom. The summed E-state index contributed by atoms with van der Waals surface area (Å²) in [6.07, 6.45) is -1.20. The standard InChI is InChI=1S/C18H16ClN3O6/c1-10(17(24)21-16-9-14(22(26)27)6-7-15(16)19)28-18(25)12-4-3-5-13(8-12)20-11(2)23/h3-10H,1-2H3,(H,20,23)(H,21,24)/t10-/m0/s1. The van der Waals surface area contributed by atoms with Crippen molar-refractivity contribution < 1.29 is 24.0 Å². The van der Waals surface area contributed by atoms with Crippen LogP contribution >= 0.6 is 11.6 Å². The van der Waals surface area contributed by atoms with Crippen LogP contribution in [0, 0.1) is 10.1 Å². The predicted molar refractivity (Wildman–Crippen MR) is 102 cm³/mol. The Labute approximate surface area is 164 Å². The summed E-state index contributed by atoms with van der Waals surface area (Å²) in [7, 11) is 0. The van der Waals surface area contributed by atoms with Gasteiger partial charge in [0.25, 0.3) is 11.6 Å². The number of nitro groups is 1. The van der Waals surface area contributed by atoms with E-state index in [0.717, 1.165) is 6.07 Å². The van der Waals surface area contributed by atoms with E-state index >= 15 is 0 Å². The van der Waals surface area contributed by atoms with Gasteiger partial charge in [-0.05, 0) is 31.2 Å². The van der Waals surface area contributed by atoms with Gasteiger partial charge in [0, 0.05) is 24.7 Å². The number of carbonyl (C=O) groups is 3. The Morgan fingerprint density at radius 2 is 1.86 bits per heavy atom. The fraction of sp³-hybridized carbons (Fsp3) is 0.167. The Hall–Kier alpha value is -3.46. The van der Waals surface area contributed by atoms with Crippen molar-refractivity contribution in [1.29, 1.82) is 0 Å². The molecule has 0 saturated heterocycles. The molecule has 2 rings (SSSR count). The molecule has 0 aromatic heterocycles. The molecule has 0 aliphatic heterocycles. The number of esters is 1. The molecule has 1 atom stereocenters. The van der Waals surface area contributed by atoms with Crippen LogP contribution in [0.4, 0.5) is 17.1 Å². The monoisotopic (exact) mass is 405 g/mol. The molecular formula is C18H16ClN3O6. The van der Waals surface area contributed by atoms with Crippen molar-refractivity contribution in [2.24, 2.45) is 0 Å². The Morgan fingerprint density at radius 1 is 1.14 bits per heavy atom. The number of nitro benzene ring substituents is 1. The minimum absolute atomic E-state index is 0.0245. The van der Waals surface area contributed by atoms with Crippen LogP contribution in [0.15, 0.2) is 42.5 Å². The number of hydrogen-bond donors (Lipinski definition) is 2. The lowest BCUT2D eigenvalue weighted by atomic mass is 10.2. The molecule has 0 unspecified atom stereocenters. The van der Waals surface area contributed by atoms with Gasteiger partial charge in [-0.1, -0.05) is 17.7 Å². The molecule has 2 aromatic rings. The number of ether oxygens (including phenoxy) is 1. The predicted octanol–water partition coefficient (Wildman–Crippen LogP) is 3.39. The average molecular weight is 406 g/mol. The third-order valence-corrected chi connectivity index (χ3v) is 3.82. The summed E-state index contributed by atoms with van der Waals surface area (Å²) in [4.78, 5) is 45.8. The van der Waals surface area contributed by atoms with E-state index in [0.29, 0.717) is 5.69 Å². The zero-order valence-electron chi connectivity index (χ0n) is 14.9. The molecule has 2 N–H and O–H groups in total. The van der Waals surface area contributed by atoms with E-state index in [1.165, 1.54) is 38.1 Å². The van der Waals surface area contributed by atoms with Crippen LogP contribution in [0.2, 0.25) is 5.02 Å². The zero-order chi connectivity index (χ0) is 20.8. The van der Waals surface area contributed by atoms with Crippen molar-refractivity contribution >= 4 is 46.4 Å². The fourth-order valence-electron chi connectivity index (χ4n) is 2.17. The SMILES string of the molecule is CC(=O)Nc1cccc(C(=O)O[C@@H](C)C(=O)Nc2cc([N+](=O)[O-])ccc2Cl)c1. The van der Waals surface area contributed by atoms with Gasteiger partial charge < -0.3 is 15.4 Å². The van der Waals surface area contributed by atoms with Gasteiger partial charge in [0.15, 0.2) is 6.10 Å². The molecule has 0 aliphatic rings. The van der Waals surface area contributed by atoms with E-state index in [2.05, 4.69) is 10.6 Å². The second-order valence-electron chi connectivity index (χ2n) is 5.72. The number of nitrogens with one attached hydrogen (secondary N) is 2. The quantitative estimate of drug-likeness (QED) is 0.430. The van der Waals surface area contributed by atoms with E-state index in [1.807, 2.05) is 0 Å². The maximum atomic E-state index is 12.3. The minimum Gasteiger partial charge on any atom is -0.449 e. The lowest BCUT2D eigenvalue weighted by Crippen LogP contribution is -2.30. The normalized spacial score (nSPS) is 11.2. The molecule has 2 amide bonds. The van der Waals surface area contributed by atoms with Crippen molar-refractivity contribution in [3.05, 3.63) is 63.2 Å². The Kier molecular flexibility index (Phi) is 6.67. The van der Waals surface area contributed by atoms with E-state index in [4.69, 9.17) is 16.3 Å². The summed E-state index contributed by atoms with van der Waals surface area (Å²) in [5.41, 5.74) is 0.317. The summed E-state index contributed by atoms with van der Waals surface area (Å²) in [5, 5.41) is 15.9. The van der Waals surface area contributed by atoms with Crippen LogP contribution in [0.25, 0.3) is 0 Å². The molecule has 0 bridgehead atoms. The van der Waals surface area contributed by atoms with Gasteiger partial charge in [-0.25, -0.2) is 4.79 Å². The van der Waals surface area contributed by atoms with Crippen molar-refractivity contribution in [1.82, 2.24) is 0 Å². The highest BCUT2D eigenvalue weighted by Gasteiger charge is 2.21. The molecule has 0 aliphatic carbocycles. The maximum Gasteiger partial charge on any atom is 0.338 e. The van der Waals surface area contributed by atoms with Gasteiger partial charge >= 0.3 is 5.97 Å². The number of benzene rings is 2. The van der Waals surface area contributed by atoms with Gasteiger partial charge in [0.2, 0.25) is 5.91 Å². The number of anilines is 2. The number of non-ortho nitro benzene ring substituents is 1. The molecule has 0 radical (unpaired) electrons. The first-order valence-corrected chi connectivity index (χ1v) is 8.38. The number of hydrogen-bond acceptors (Lipinski definition) is 6. The van der Waals surface area contributed by atoms with Crippen LogP contribution in [0.1, 0.15) is 24.2 Å². The van der Waals surface area contributed by atoms with E-state index in [-0.39, 0.29) is 27.9 Å². The highest BCUT2D eigenvalue weighted by atomic mass is 35.5. The Balaban J connectivity index is 2.06. The fourth-order valence-corrected chi connectivity index (χ4v) is 2.33. The summed E-state index contributed by atoms with van der Waals surface area (Å²) >= 11 is 5.93. The molecule has 0 saturated carbocycles. The van der Waals surface area contributed by atoms with Gasteiger partial charge in [-0.3, -0.25) is 19.7 Å². The second kappa shape index (κ2) is 8.96. The lowest BCUT2D eigenvalue weighted by Gasteiger charge is -2.14. The minimum atomic E-state index is -1.20. The third-order valence-electron chi connectivity index (χ3n) is 3.49. The van der Waals surface area contributed by atoms with Crippen molar-refractivity contribution in [3.8, 4) is 0 Å². The van der Waals surface area contributed by atoms with Crippen molar-refractivity contribution in [2.45, 2.75) is 20.0 Å². The smallest absolute Gasteiger partial charge is 0.338 e. The molecule has 0 spiro atoms. The van der Waals surface area contributed by atoms with Crippen molar-refractivity contribution in [2.75, 3.05) is 10.6 Å². The summed E-state index contributed by atoms with van der Waals surface area (Å²) in [6, 6.07) is 9.60. The van der Waals surface area contributed by atoms with E-state index in [9.17, 15) is 24.5 Å². The van der Waals surface area contributed by atoms with Gasteiger partial charge in [-0.15, -0.1) is 0 Å². The van der Waals surface area contributed by atoms with Crippen molar-refractivity contribution in [3.63, 3.8) is 0 Å². The maximum absolute atomic E-state index is 12.3. The molecular weight excluding hydrogens is 390 g/mol. The molecule has 28 heavy (non-hydrogen) atoms. The highest BCUT2D eigenvalue weighted by molar-refractivity contribution is 6.33. The highest BCUT2D eigenvalue weighted by Crippen LogP contribution is 2.27. The van der Waals surface area contributed by atoms with Crippen LogP contribution < -0.4 is 10.6 Å². The number of halogens is 1. The van der Waals surface area contributed by atoms with E-state index in [1.54, 1.807) is 12.1 Å². The molecule has 9 nitrogen and oxygen atoms in total. The zero-order valence-corrected chi connectivity index (χ0v) is 15.6. The molecule has 10 heteroatoms. The number of amides is 2. The van der Waals surface area contributed by atoms with E-state index < -0.39 is 22.9 Å². The van der Waals surface area contributed by atoms with Gasteiger partial charge in [0.1, 0.15) is 0 Å². The first-order valence-electron chi connectivity index (χ1n) is 8.01. The lowest BCUT2D eigenvalue weighted by molar-refractivity contribution is -0.384. The Bertz CT molecular complexity index is 947. The molecule has 0 heterocycles. The van der Waals surface area contributed by atoms with Crippen LogP contribution in [-0.4, -0.2) is 28.8 Å². The summed E-state index contributed by atoms with van der Waals surface area (Å²) in [5.74, 6) is -1.79. The van der Waals surface area contributed by atoms with Crippen LogP contribution in [0.3, 0.4) is 0 Å². The summed E-state index contributed by atoms with van der Waals surface area (Å²) < 4.78 is 5.11. The number of nitrogens with zero attached hydrogens (tertiary/aromatic N) is 1. The second-order valence-corrected chi connectivity index (χ2v) is 6.13. The molecule has 0 fully saturated rings. The van der Waals surface area contributed by atoms with Gasteiger partial charge in [-0.2, -0.15) is 0 Å². The topological polar surface area (TPSA) is 128 Å². The first kappa shape index (κ1) is 20.8. The summed E-state index contributed by atoms with van der Waals surface area (Å²) in [6.45, 7) is 2.67. The van der Waals surface area contributed by atoms with Gasteiger partial charge in [0.05, 0.1) is 21.2 Å². The first-order chi connectivity index (χ1) is 13.2. The van der Waals surface area contributed by atoms with Crippen LogP contribution in [0.5, 0.6) is 0 Å². The molecule has 2 aromatic carbocycles. The molecule has 146 valence electrons. The number of rotatable bonds is 6. The average Bonchev–Trinajstić information content (AvgIpc) is 2.62. The largest absolute Gasteiger partial charge is 0.449 e. The van der Waals surface area contributed by atoms with Crippen LogP contribution in [-0.2, 0) is 14.3 Å².